The molecule has 10 heteroatoms. The first-order chi connectivity index (χ1) is 16.0. The molecule has 1 saturated carbocycles. The molecule has 1 aromatic rings. The fourth-order valence-corrected chi connectivity index (χ4v) is 5.34. The maximum Gasteiger partial charge on any atom is 0.313 e. The Morgan fingerprint density at radius 2 is 1.76 bits per heavy atom. The summed E-state index contributed by atoms with van der Waals surface area (Å²) < 4.78 is 4.90. The van der Waals surface area contributed by atoms with Gasteiger partial charge in [-0.25, -0.2) is 0 Å². The molecule has 0 radical (unpaired) electrons. The van der Waals surface area contributed by atoms with Crippen LogP contribution in [0.15, 0.2) is 35.1 Å². The molecular formula is C24H27NO9. The number of esters is 1. The van der Waals surface area contributed by atoms with Crippen LogP contribution in [0.25, 0.3) is 5.76 Å². The Morgan fingerprint density at radius 1 is 1.15 bits per heavy atom. The number of carbonyl (C=O) groups excluding carboxylic acids is 4. The number of primary amides is 1. The van der Waals surface area contributed by atoms with Crippen molar-refractivity contribution in [2.24, 2.45) is 23.5 Å². The third-order valence-electron chi connectivity index (χ3n) is 6.87. The summed E-state index contributed by atoms with van der Waals surface area (Å²) in [4.78, 5) is 50.8. The molecule has 0 saturated heterocycles. The second kappa shape index (κ2) is 8.60. The molecule has 1 amide bonds. The van der Waals surface area contributed by atoms with E-state index in [0.717, 1.165) is 7.11 Å². The van der Waals surface area contributed by atoms with Crippen molar-refractivity contribution in [2.75, 3.05) is 7.11 Å². The van der Waals surface area contributed by atoms with Crippen LogP contribution in [0.1, 0.15) is 44.2 Å². The molecule has 6 N–H and O–H groups in total. The number of hydrogen-bond acceptors (Lipinski definition) is 9. The zero-order valence-corrected chi connectivity index (χ0v) is 19.2. The van der Waals surface area contributed by atoms with Gasteiger partial charge in [0.1, 0.15) is 22.8 Å². The molecule has 1 aromatic carbocycles. The number of nitrogens with two attached hydrogens (primary N) is 1. The highest BCUT2D eigenvalue weighted by Gasteiger charge is 2.64. The molecule has 0 aromatic heterocycles. The largest absolute Gasteiger partial charge is 0.508 e. The molecule has 5 atom stereocenters. The van der Waals surface area contributed by atoms with Crippen LogP contribution in [0.4, 0.5) is 0 Å². The maximum atomic E-state index is 13.6. The molecule has 34 heavy (non-hydrogen) atoms. The Kier molecular flexibility index (Phi) is 6.32. The van der Waals surface area contributed by atoms with Gasteiger partial charge < -0.3 is 30.9 Å². The van der Waals surface area contributed by atoms with E-state index in [1.165, 1.54) is 25.1 Å². The molecule has 0 spiro atoms. The van der Waals surface area contributed by atoms with Crippen molar-refractivity contribution in [1.29, 1.82) is 0 Å². The minimum absolute atomic E-state index is 0.178. The standard InChI is InChI=1S/C22H21NO9.C2H6/c1-7-10-6-9-12(21(30)32-2)8-4-3-5-11(24)13(8)17(26)14(9)18(27)22(10,31)19(28)15(16(7)25)20(23)29;1-2/h3-5,7,9-10,12,24,26,28,31H,6H2,1-2H3,(H2,23,29);1-2H3/t7-,9+,10-,12+,22-;/m0./s1. The number of ketones is 2. The zero-order valence-electron chi connectivity index (χ0n) is 19.2. The van der Waals surface area contributed by atoms with Gasteiger partial charge in [0.05, 0.1) is 18.6 Å². The number of rotatable bonds is 2. The van der Waals surface area contributed by atoms with Crippen molar-refractivity contribution in [2.45, 2.75) is 38.7 Å². The lowest BCUT2D eigenvalue weighted by Crippen LogP contribution is -2.61. The number of fused-ring (bicyclic) bond motifs is 3. The van der Waals surface area contributed by atoms with E-state index in [1.807, 2.05) is 13.8 Å². The minimum atomic E-state index is -2.72. The maximum absolute atomic E-state index is 13.6. The molecule has 182 valence electrons. The van der Waals surface area contributed by atoms with Crippen LogP contribution >= 0.6 is 0 Å². The van der Waals surface area contributed by atoms with Crippen LogP contribution in [0.3, 0.4) is 0 Å². The Bertz CT molecular complexity index is 1160. The zero-order chi connectivity index (χ0) is 25.7. The Balaban J connectivity index is 0.00000158. The first kappa shape index (κ1) is 25.0. The summed E-state index contributed by atoms with van der Waals surface area (Å²) in [6.07, 6.45) is -0.181. The summed E-state index contributed by atoms with van der Waals surface area (Å²) in [6.45, 7) is 5.38. The molecule has 3 aliphatic rings. The van der Waals surface area contributed by atoms with Crippen LogP contribution in [-0.4, -0.2) is 56.6 Å². The van der Waals surface area contributed by atoms with Gasteiger partial charge in [-0.1, -0.05) is 32.9 Å². The number of phenolic OH excluding ortho intramolecular Hbond substituents is 1. The highest BCUT2D eigenvalue weighted by molar-refractivity contribution is 6.23. The number of ether oxygens (including phenoxy) is 1. The normalized spacial score (nSPS) is 29.9. The molecule has 0 bridgehead atoms. The SMILES string of the molecule is CC.COC(=O)[C@@H]1c2cccc(O)c2C(O)=C2C(=O)[C@]3(O)C(O)=C(C(N)=O)C(=O)[C@@H](C)[C@@H]3C[C@@H]21. The van der Waals surface area contributed by atoms with Crippen LogP contribution < -0.4 is 5.73 Å². The number of phenols is 1. The van der Waals surface area contributed by atoms with Crippen LogP contribution in [-0.2, 0) is 23.9 Å². The molecule has 1 fully saturated rings. The Hall–Kier alpha value is -3.66. The third kappa shape index (κ3) is 3.12. The minimum Gasteiger partial charge on any atom is -0.508 e. The number of amides is 1. The molecule has 0 heterocycles. The predicted molar refractivity (Wildman–Crippen MR) is 118 cm³/mol. The van der Waals surface area contributed by atoms with E-state index in [0.29, 0.717) is 0 Å². The van der Waals surface area contributed by atoms with Crippen molar-refractivity contribution in [1.82, 2.24) is 0 Å². The fourth-order valence-electron chi connectivity index (χ4n) is 5.34. The highest BCUT2D eigenvalue weighted by Crippen LogP contribution is 2.56. The van der Waals surface area contributed by atoms with Gasteiger partial charge in [-0.05, 0) is 18.1 Å². The van der Waals surface area contributed by atoms with Gasteiger partial charge in [0.25, 0.3) is 5.91 Å². The van der Waals surface area contributed by atoms with Gasteiger partial charge in [-0.15, -0.1) is 0 Å². The summed E-state index contributed by atoms with van der Waals surface area (Å²) >= 11 is 0. The number of hydrogen-bond donors (Lipinski definition) is 5. The first-order valence-corrected chi connectivity index (χ1v) is 10.9. The van der Waals surface area contributed by atoms with Crippen LogP contribution in [0, 0.1) is 17.8 Å². The van der Waals surface area contributed by atoms with E-state index in [4.69, 9.17) is 10.5 Å². The van der Waals surface area contributed by atoms with Crippen molar-refractivity contribution in [3.63, 3.8) is 0 Å². The smallest absolute Gasteiger partial charge is 0.313 e. The van der Waals surface area contributed by atoms with Gasteiger partial charge in [0.15, 0.2) is 11.4 Å². The van der Waals surface area contributed by atoms with E-state index in [1.54, 1.807) is 0 Å². The lowest BCUT2D eigenvalue weighted by Gasteiger charge is -2.49. The summed E-state index contributed by atoms with van der Waals surface area (Å²) in [5, 5.41) is 43.3. The van der Waals surface area contributed by atoms with Crippen molar-refractivity contribution < 1.29 is 44.3 Å². The number of aliphatic hydroxyl groups is 3. The molecule has 4 rings (SSSR count). The van der Waals surface area contributed by atoms with E-state index >= 15 is 0 Å². The average Bonchev–Trinajstić information content (AvgIpc) is 2.80. The molecule has 10 nitrogen and oxygen atoms in total. The van der Waals surface area contributed by atoms with Crippen molar-refractivity contribution in [3.05, 3.63) is 46.2 Å². The first-order valence-electron chi connectivity index (χ1n) is 10.9. The molecule has 0 aliphatic heterocycles. The van der Waals surface area contributed by atoms with Gasteiger partial charge in [0, 0.05) is 23.3 Å². The van der Waals surface area contributed by atoms with Crippen molar-refractivity contribution in [3.8, 4) is 5.75 Å². The van der Waals surface area contributed by atoms with Gasteiger partial charge >= 0.3 is 5.97 Å². The lowest BCUT2D eigenvalue weighted by atomic mass is 9.54. The molecular weight excluding hydrogens is 446 g/mol. The number of carbonyl (C=O) groups is 4. The van der Waals surface area contributed by atoms with E-state index in [2.05, 4.69) is 0 Å². The van der Waals surface area contributed by atoms with Gasteiger partial charge in [-0.2, -0.15) is 0 Å². The molecule has 3 aliphatic carbocycles. The quantitative estimate of drug-likeness (QED) is 0.313. The number of aromatic hydroxyl groups is 1. The number of methoxy groups -OCH3 is 1. The number of Topliss-reactive ketones (excluding diaryl/α,β-unsaturated/α-hetero) is 2. The second-order valence-corrected chi connectivity index (χ2v) is 8.29. The molecule has 0 unspecified atom stereocenters. The van der Waals surface area contributed by atoms with Gasteiger partial charge in [0.2, 0.25) is 5.78 Å². The Morgan fingerprint density at radius 3 is 2.32 bits per heavy atom. The number of aliphatic hydroxyl groups excluding tert-OH is 2. The summed E-state index contributed by atoms with van der Waals surface area (Å²) in [5.74, 6) is -10.8. The Labute approximate surface area is 195 Å². The average molecular weight is 473 g/mol. The van der Waals surface area contributed by atoms with E-state index in [-0.39, 0.29) is 17.5 Å². The van der Waals surface area contributed by atoms with Crippen LogP contribution in [0.5, 0.6) is 5.75 Å². The lowest BCUT2D eigenvalue weighted by molar-refractivity contribution is -0.154. The summed E-state index contributed by atoms with van der Waals surface area (Å²) in [6, 6.07) is 4.20. The number of benzene rings is 1. The van der Waals surface area contributed by atoms with Crippen LogP contribution in [0.2, 0.25) is 0 Å². The monoisotopic (exact) mass is 473 g/mol. The van der Waals surface area contributed by atoms with Crippen molar-refractivity contribution >= 4 is 29.2 Å². The third-order valence-corrected chi connectivity index (χ3v) is 6.87. The van der Waals surface area contributed by atoms with Gasteiger partial charge in [-0.3, -0.25) is 19.2 Å². The predicted octanol–water partition coefficient (Wildman–Crippen LogP) is 1.41. The summed E-state index contributed by atoms with van der Waals surface area (Å²) in [7, 11) is 1.14. The second-order valence-electron chi connectivity index (χ2n) is 8.29. The van der Waals surface area contributed by atoms with E-state index in [9.17, 15) is 39.6 Å². The highest BCUT2D eigenvalue weighted by atomic mass is 16.5. The topological polar surface area (TPSA) is 184 Å². The van der Waals surface area contributed by atoms with E-state index < -0.39 is 81.1 Å². The fraction of sp³-hybridized carbons (Fsp3) is 0.417. The summed E-state index contributed by atoms with van der Waals surface area (Å²) in [5.41, 5.74) is 1.22.